The summed E-state index contributed by atoms with van der Waals surface area (Å²) in [5.74, 6) is 2.16. The van der Waals surface area contributed by atoms with Crippen molar-refractivity contribution in [2.75, 3.05) is 19.6 Å². The molecule has 1 aliphatic heterocycles. The highest BCUT2D eigenvalue weighted by molar-refractivity contribution is 5.58. The highest BCUT2D eigenvalue weighted by Gasteiger charge is 2.26. The van der Waals surface area contributed by atoms with Crippen molar-refractivity contribution < 1.29 is 0 Å². The Morgan fingerprint density at radius 2 is 2.00 bits per heavy atom. The van der Waals surface area contributed by atoms with Crippen LogP contribution in [0.5, 0.6) is 0 Å². The molecular weight excluding hydrogens is 286 g/mol. The van der Waals surface area contributed by atoms with E-state index in [0.29, 0.717) is 11.8 Å². The molecule has 23 heavy (non-hydrogen) atoms. The smallest absolute Gasteiger partial charge is 0.110 e. The second-order valence-corrected chi connectivity index (χ2v) is 7.03. The minimum absolute atomic E-state index is 0.460. The maximum atomic E-state index is 4.71. The first-order chi connectivity index (χ1) is 11.1. The van der Waals surface area contributed by atoms with Crippen LogP contribution in [0.3, 0.4) is 0 Å². The normalized spacial score (nSPS) is 19.4. The fraction of sp³-hybridized carbons (Fsp3) is 0.611. The molecule has 5 nitrogen and oxygen atoms in total. The van der Waals surface area contributed by atoms with E-state index in [-0.39, 0.29) is 0 Å². The van der Waals surface area contributed by atoms with Crippen molar-refractivity contribution >= 4 is 0 Å². The van der Waals surface area contributed by atoms with E-state index in [9.17, 15) is 0 Å². The zero-order chi connectivity index (χ0) is 16.4. The van der Waals surface area contributed by atoms with Crippen molar-refractivity contribution in [2.45, 2.75) is 39.5 Å². The van der Waals surface area contributed by atoms with Gasteiger partial charge in [0.25, 0.3) is 0 Å². The molecule has 0 aromatic carbocycles. The van der Waals surface area contributed by atoms with Gasteiger partial charge in [0.1, 0.15) is 11.5 Å². The summed E-state index contributed by atoms with van der Waals surface area (Å²) in [6, 6.07) is 0. The number of hydrogen-bond acceptors (Lipinski definition) is 4. The zero-order valence-corrected chi connectivity index (χ0v) is 14.7. The molecule has 2 aromatic rings. The minimum atomic E-state index is 0.460. The van der Waals surface area contributed by atoms with Crippen LogP contribution in [0.4, 0.5) is 0 Å². The number of aryl methyl sites for hydroxylation is 1. The third kappa shape index (κ3) is 3.44. The Kier molecular flexibility index (Phi) is 4.76. The lowest BCUT2D eigenvalue weighted by atomic mass is 9.92. The number of nitrogens with zero attached hydrogens (tertiary/aromatic N) is 5. The van der Waals surface area contributed by atoms with Crippen LogP contribution in [0.2, 0.25) is 0 Å². The molecule has 1 aliphatic rings. The van der Waals surface area contributed by atoms with E-state index in [4.69, 9.17) is 4.98 Å². The summed E-state index contributed by atoms with van der Waals surface area (Å²) in [6.07, 6.45) is 7.95. The Labute approximate surface area is 138 Å². The lowest BCUT2D eigenvalue weighted by Crippen LogP contribution is -2.37. The molecule has 3 rings (SSSR count). The Morgan fingerprint density at radius 1 is 1.22 bits per heavy atom. The molecule has 0 spiro atoms. The van der Waals surface area contributed by atoms with Crippen LogP contribution in [-0.2, 0) is 7.05 Å². The fourth-order valence-electron chi connectivity index (χ4n) is 3.53. The summed E-state index contributed by atoms with van der Waals surface area (Å²) in [7, 11) is 2.04. The molecule has 0 bridgehead atoms. The van der Waals surface area contributed by atoms with Crippen LogP contribution >= 0.6 is 0 Å². The van der Waals surface area contributed by atoms with E-state index < -0.39 is 0 Å². The average molecular weight is 313 g/mol. The van der Waals surface area contributed by atoms with Crippen molar-refractivity contribution in [3.05, 3.63) is 30.1 Å². The van der Waals surface area contributed by atoms with Gasteiger partial charge in [0.2, 0.25) is 0 Å². The molecule has 2 aromatic heterocycles. The number of hydrogen-bond donors (Lipinski definition) is 0. The first-order valence-corrected chi connectivity index (χ1v) is 8.58. The van der Waals surface area contributed by atoms with E-state index in [1.165, 1.54) is 19.4 Å². The van der Waals surface area contributed by atoms with Gasteiger partial charge in [-0.25, -0.2) is 4.98 Å². The summed E-state index contributed by atoms with van der Waals surface area (Å²) in [5, 5.41) is 0. The Bertz CT molecular complexity index is 661. The SMILES string of the molecule is Cc1ncc(-c2nccnc2[C@@H]2CCCN(CC(C)C)C2)n1C. The third-order valence-electron chi connectivity index (χ3n) is 4.71. The van der Waals surface area contributed by atoms with Crippen molar-refractivity contribution in [1.29, 1.82) is 0 Å². The van der Waals surface area contributed by atoms with Gasteiger partial charge < -0.3 is 9.47 Å². The number of rotatable bonds is 4. The molecule has 1 atom stereocenters. The van der Waals surface area contributed by atoms with Crippen LogP contribution in [0.25, 0.3) is 11.4 Å². The summed E-state index contributed by atoms with van der Waals surface area (Å²) in [6.45, 7) is 10.0. The fourth-order valence-corrected chi connectivity index (χ4v) is 3.53. The lowest BCUT2D eigenvalue weighted by molar-refractivity contribution is 0.186. The second kappa shape index (κ2) is 6.79. The molecule has 0 saturated carbocycles. The highest BCUT2D eigenvalue weighted by atomic mass is 15.1. The van der Waals surface area contributed by atoms with Crippen molar-refractivity contribution in [2.24, 2.45) is 13.0 Å². The maximum Gasteiger partial charge on any atom is 0.110 e. The van der Waals surface area contributed by atoms with Gasteiger partial charge in [-0.2, -0.15) is 0 Å². The Hall–Kier alpha value is -1.75. The predicted octanol–water partition coefficient (Wildman–Crippen LogP) is 3.02. The van der Waals surface area contributed by atoms with E-state index in [0.717, 1.165) is 36.0 Å². The quantitative estimate of drug-likeness (QED) is 0.870. The molecule has 3 heterocycles. The first-order valence-electron chi connectivity index (χ1n) is 8.58. The Morgan fingerprint density at radius 3 is 2.70 bits per heavy atom. The van der Waals surface area contributed by atoms with Gasteiger partial charge in [0, 0.05) is 38.4 Å². The number of imidazole rings is 1. The van der Waals surface area contributed by atoms with Gasteiger partial charge in [-0.15, -0.1) is 0 Å². The molecule has 0 unspecified atom stereocenters. The topological polar surface area (TPSA) is 46.8 Å². The Balaban J connectivity index is 1.90. The van der Waals surface area contributed by atoms with Crippen LogP contribution in [0, 0.1) is 12.8 Å². The molecule has 1 saturated heterocycles. The largest absolute Gasteiger partial charge is 0.330 e. The number of piperidine rings is 1. The van der Waals surface area contributed by atoms with Crippen LogP contribution in [-0.4, -0.2) is 44.1 Å². The van der Waals surface area contributed by atoms with Gasteiger partial charge in [0.15, 0.2) is 0 Å². The number of likely N-dealkylation sites (tertiary alicyclic amines) is 1. The van der Waals surface area contributed by atoms with Crippen LogP contribution in [0.1, 0.15) is 44.1 Å². The number of aromatic nitrogens is 4. The molecular formula is C18H27N5. The monoisotopic (exact) mass is 313 g/mol. The molecule has 0 amide bonds. The van der Waals surface area contributed by atoms with Crippen LogP contribution < -0.4 is 0 Å². The van der Waals surface area contributed by atoms with Gasteiger partial charge in [-0.05, 0) is 32.2 Å². The molecule has 1 fully saturated rings. The third-order valence-corrected chi connectivity index (χ3v) is 4.71. The van der Waals surface area contributed by atoms with Gasteiger partial charge in [-0.1, -0.05) is 13.8 Å². The summed E-state index contributed by atoms with van der Waals surface area (Å²) in [5.41, 5.74) is 3.18. The van der Waals surface area contributed by atoms with Crippen molar-refractivity contribution in [3.63, 3.8) is 0 Å². The standard InChI is InChI=1S/C18H27N5/c1-13(2)11-23-9-5-6-15(12-23)17-18(20-8-7-19-17)16-10-21-14(3)22(16)4/h7-8,10,13,15H,5-6,9,11-12H2,1-4H3/t15-/m1/s1. The first kappa shape index (κ1) is 16.1. The zero-order valence-electron chi connectivity index (χ0n) is 14.7. The summed E-state index contributed by atoms with van der Waals surface area (Å²) < 4.78 is 2.10. The van der Waals surface area contributed by atoms with Crippen LogP contribution in [0.15, 0.2) is 18.6 Å². The van der Waals surface area contributed by atoms with Gasteiger partial charge in [0.05, 0.1) is 17.6 Å². The molecule has 5 heteroatoms. The van der Waals surface area contributed by atoms with E-state index in [2.05, 4.69) is 33.3 Å². The average Bonchev–Trinajstić information content (AvgIpc) is 2.86. The van der Waals surface area contributed by atoms with E-state index in [1.54, 1.807) is 6.20 Å². The predicted molar refractivity (Wildman–Crippen MR) is 92.2 cm³/mol. The lowest BCUT2D eigenvalue weighted by Gasteiger charge is -2.33. The summed E-state index contributed by atoms with van der Waals surface area (Å²) in [4.78, 5) is 16.3. The second-order valence-electron chi connectivity index (χ2n) is 7.03. The molecule has 0 radical (unpaired) electrons. The van der Waals surface area contributed by atoms with Gasteiger partial charge >= 0.3 is 0 Å². The van der Waals surface area contributed by atoms with Crippen molar-refractivity contribution in [1.82, 2.24) is 24.4 Å². The molecule has 0 aliphatic carbocycles. The highest BCUT2D eigenvalue weighted by Crippen LogP contribution is 2.32. The van der Waals surface area contributed by atoms with Crippen molar-refractivity contribution in [3.8, 4) is 11.4 Å². The summed E-state index contributed by atoms with van der Waals surface area (Å²) >= 11 is 0. The molecule has 0 N–H and O–H groups in total. The van der Waals surface area contributed by atoms with Gasteiger partial charge in [-0.3, -0.25) is 9.97 Å². The minimum Gasteiger partial charge on any atom is -0.330 e. The van der Waals surface area contributed by atoms with E-state index >= 15 is 0 Å². The van der Waals surface area contributed by atoms with E-state index in [1.807, 2.05) is 26.4 Å². The molecule has 124 valence electrons. The maximum absolute atomic E-state index is 4.71.